The first-order valence-corrected chi connectivity index (χ1v) is 18.8. The van der Waals surface area contributed by atoms with Crippen molar-refractivity contribution in [3.05, 3.63) is 207 Å². The molecule has 0 bridgehead atoms. The van der Waals surface area contributed by atoms with Gasteiger partial charge >= 0.3 is 0 Å². The SMILES string of the molecule is c1ccc(-c2cccc(-c3nc(-c4ccccc4)nc(-c4cccc(-c5ccc6c(c5)c(-c5ccccc5)c(-c5cccnc5)c5ccccc56)c4)n3)c2)cc1. The van der Waals surface area contributed by atoms with Gasteiger partial charge in [0.25, 0.3) is 0 Å². The van der Waals surface area contributed by atoms with E-state index in [0.29, 0.717) is 17.5 Å². The second-order valence-electron chi connectivity index (χ2n) is 13.9. The molecule has 0 fully saturated rings. The monoisotopic (exact) mass is 714 g/mol. The van der Waals surface area contributed by atoms with Crippen LogP contribution < -0.4 is 0 Å². The summed E-state index contributed by atoms with van der Waals surface area (Å²) in [5.74, 6) is 1.88. The second kappa shape index (κ2) is 14.3. The molecule has 0 aliphatic rings. The molecule has 2 heterocycles. The van der Waals surface area contributed by atoms with Gasteiger partial charge in [0, 0.05) is 34.6 Å². The maximum atomic E-state index is 5.12. The number of fused-ring (bicyclic) bond motifs is 3. The van der Waals surface area contributed by atoms with Crippen molar-refractivity contribution in [1.29, 1.82) is 0 Å². The third-order valence-corrected chi connectivity index (χ3v) is 10.4. The summed E-state index contributed by atoms with van der Waals surface area (Å²) in [4.78, 5) is 19.8. The van der Waals surface area contributed by atoms with Crippen LogP contribution in [0.4, 0.5) is 0 Å². The fraction of sp³-hybridized carbons (Fsp3) is 0. The molecular formula is C52H34N4. The maximum absolute atomic E-state index is 5.12. The Kier molecular flexibility index (Phi) is 8.47. The average Bonchev–Trinajstić information content (AvgIpc) is 3.29. The van der Waals surface area contributed by atoms with Crippen molar-refractivity contribution in [2.75, 3.05) is 0 Å². The third-order valence-electron chi connectivity index (χ3n) is 10.4. The largest absolute Gasteiger partial charge is 0.264 e. The summed E-state index contributed by atoms with van der Waals surface area (Å²) in [7, 11) is 0. The number of hydrogen-bond donors (Lipinski definition) is 0. The normalized spacial score (nSPS) is 11.2. The van der Waals surface area contributed by atoms with Gasteiger partial charge in [-0.1, -0.05) is 170 Å². The predicted molar refractivity (Wildman–Crippen MR) is 231 cm³/mol. The lowest BCUT2D eigenvalue weighted by Crippen LogP contribution is -2.00. The number of hydrogen-bond acceptors (Lipinski definition) is 4. The van der Waals surface area contributed by atoms with E-state index in [2.05, 4.69) is 157 Å². The van der Waals surface area contributed by atoms with Gasteiger partial charge in [-0.3, -0.25) is 4.98 Å². The number of nitrogens with zero attached hydrogens (tertiary/aromatic N) is 4. The number of pyridine rings is 1. The fourth-order valence-electron chi connectivity index (χ4n) is 7.74. The van der Waals surface area contributed by atoms with Gasteiger partial charge < -0.3 is 0 Å². The van der Waals surface area contributed by atoms with Crippen LogP contribution in [0.3, 0.4) is 0 Å². The molecule has 56 heavy (non-hydrogen) atoms. The van der Waals surface area contributed by atoms with Crippen molar-refractivity contribution in [3.63, 3.8) is 0 Å². The molecule has 0 amide bonds. The minimum Gasteiger partial charge on any atom is -0.264 e. The minimum absolute atomic E-state index is 0.622. The molecule has 0 aliphatic heterocycles. The quantitative estimate of drug-likeness (QED) is 0.154. The highest BCUT2D eigenvalue weighted by atomic mass is 15.0. The van der Waals surface area contributed by atoms with E-state index < -0.39 is 0 Å². The van der Waals surface area contributed by atoms with Crippen LogP contribution in [-0.2, 0) is 0 Å². The van der Waals surface area contributed by atoms with Crippen molar-refractivity contribution in [3.8, 4) is 78.7 Å². The third kappa shape index (κ3) is 6.19. The van der Waals surface area contributed by atoms with Gasteiger partial charge in [-0.15, -0.1) is 0 Å². The van der Waals surface area contributed by atoms with Crippen molar-refractivity contribution in [2.45, 2.75) is 0 Å². The van der Waals surface area contributed by atoms with Gasteiger partial charge in [0.15, 0.2) is 17.5 Å². The van der Waals surface area contributed by atoms with Crippen LogP contribution in [0.1, 0.15) is 0 Å². The summed E-state index contributed by atoms with van der Waals surface area (Å²) in [5.41, 5.74) is 11.9. The second-order valence-corrected chi connectivity index (χ2v) is 13.9. The number of rotatable bonds is 7. The van der Waals surface area contributed by atoms with E-state index >= 15 is 0 Å². The van der Waals surface area contributed by atoms with Crippen LogP contribution in [0.15, 0.2) is 207 Å². The summed E-state index contributed by atoms with van der Waals surface area (Å²) in [6.45, 7) is 0. The molecule has 0 saturated heterocycles. The molecule has 2 aromatic heterocycles. The molecule has 0 atom stereocenters. The molecule has 0 aliphatic carbocycles. The van der Waals surface area contributed by atoms with Crippen LogP contribution in [-0.4, -0.2) is 19.9 Å². The first kappa shape index (κ1) is 33.0. The number of aromatic nitrogens is 4. The van der Waals surface area contributed by atoms with Gasteiger partial charge in [-0.2, -0.15) is 0 Å². The van der Waals surface area contributed by atoms with Crippen LogP contribution in [0.25, 0.3) is 100 Å². The van der Waals surface area contributed by atoms with Gasteiger partial charge in [0.05, 0.1) is 0 Å². The van der Waals surface area contributed by atoms with Crippen molar-refractivity contribution in [2.24, 2.45) is 0 Å². The van der Waals surface area contributed by atoms with Gasteiger partial charge in [-0.05, 0) is 84.8 Å². The predicted octanol–water partition coefficient (Wildman–Crippen LogP) is 13.2. The molecule has 10 aromatic rings. The summed E-state index contributed by atoms with van der Waals surface area (Å²) in [6, 6.07) is 67.9. The zero-order chi connectivity index (χ0) is 37.3. The highest BCUT2D eigenvalue weighted by Crippen LogP contribution is 2.45. The summed E-state index contributed by atoms with van der Waals surface area (Å²) < 4.78 is 0. The Morgan fingerprint density at radius 3 is 1.32 bits per heavy atom. The lowest BCUT2D eigenvalue weighted by Gasteiger charge is -2.19. The van der Waals surface area contributed by atoms with Crippen LogP contribution in [0, 0.1) is 0 Å². The Labute approximate surface area is 325 Å². The molecule has 262 valence electrons. The Morgan fingerprint density at radius 2 is 0.696 bits per heavy atom. The van der Waals surface area contributed by atoms with Crippen LogP contribution >= 0.6 is 0 Å². The van der Waals surface area contributed by atoms with Crippen LogP contribution in [0.5, 0.6) is 0 Å². The first-order chi connectivity index (χ1) is 27.8. The van der Waals surface area contributed by atoms with Crippen LogP contribution in [0.2, 0.25) is 0 Å². The highest BCUT2D eigenvalue weighted by Gasteiger charge is 2.19. The van der Waals surface area contributed by atoms with E-state index in [9.17, 15) is 0 Å². The molecule has 4 heteroatoms. The van der Waals surface area contributed by atoms with Crippen molar-refractivity contribution >= 4 is 21.5 Å². The van der Waals surface area contributed by atoms with Gasteiger partial charge in [-0.25, -0.2) is 15.0 Å². The standard InChI is InChI=1S/C52H34N4/c1-4-15-35(16-5-1)38-21-12-23-41(31-38)51-54-50(37-19-8-3-9-20-37)55-52(56-51)42-24-13-22-39(32-42)40-28-29-45-44-26-10-11-27-46(44)49(43-25-14-30-53-34-43)48(47(45)33-40)36-17-6-2-7-18-36/h1-34H. The summed E-state index contributed by atoms with van der Waals surface area (Å²) in [5, 5.41) is 4.81. The average molecular weight is 715 g/mol. The molecule has 10 rings (SSSR count). The first-order valence-electron chi connectivity index (χ1n) is 18.8. The lowest BCUT2D eigenvalue weighted by atomic mass is 9.84. The topological polar surface area (TPSA) is 51.6 Å². The Balaban J connectivity index is 1.15. The molecule has 0 spiro atoms. The molecule has 0 radical (unpaired) electrons. The Hall–Kier alpha value is -7.56. The lowest BCUT2D eigenvalue weighted by molar-refractivity contribution is 1.07. The zero-order valence-electron chi connectivity index (χ0n) is 30.4. The minimum atomic E-state index is 0.622. The summed E-state index contributed by atoms with van der Waals surface area (Å²) in [6.07, 6.45) is 3.80. The van der Waals surface area contributed by atoms with Crippen molar-refractivity contribution < 1.29 is 0 Å². The molecule has 0 N–H and O–H groups in total. The number of benzene rings is 8. The van der Waals surface area contributed by atoms with E-state index in [-0.39, 0.29) is 0 Å². The molecular weight excluding hydrogens is 681 g/mol. The molecule has 8 aromatic carbocycles. The molecule has 4 nitrogen and oxygen atoms in total. The smallest absolute Gasteiger partial charge is 0.164 e. The Morgan fingerprint density at radius 1 is 0.250 bits per heavy atom. The van der Waals surface area contributed by atoms with E-state index in [0.717, 1.165) is 50.1 Å². The van der Waals surface area contributed by atoms with Crippen molar-refractivity contribution in [1.82, 2.24) is 19.9 Å². The molecule has 0 unspecified atom stereocenters. The summed E-state index contributed by atoms with van der Waals surface area (Å²) >= 11 is 0. The van der Waals surface area contributed by atoms with E-state index in [1.54, 1.807) is 0 Å². The van der Waals surface area contributed by atoms with E-state index in [4.69, 9.17) is 15.0 Å². The van der Waals surface area contributed by atoms with Gasteiger partial charge in [0.2, 0.25) is 0 Å². The maximum Gasteiger partial charge on any atom is 0.164 e. The molecule has 0 saturated carbocycles. The van der Waals surface area contributed by atoms with E-state index in [1.807, 2.05) is 54.9 Å². The fourth-order valence-corrected chi connectivity index (χ4v) is 7.74. The highest BCUT2D eigenvalue weighted by molar-refractivity contribution is 6.22. The zero-order valence-corrected chi connectivity index (χ0v) is 30.4. The van der Waals surface area contributed by atoms with Gasteiger partial charge in [0.1, 0.15) is 0 Å². The van der Waals surface area contributed by atoms with E-state index in [1.165, 1.54) is 32.7 Å². The Bertz CT molecular complexity index is 3000.